The fraction of sp³-hybridized carbons (Fsp3) is 0. The number of pyridine rings is 1. The van der Waals surface area contributed by atoms with Crippen molar-refractivity contribution in [3.63, 3.8) is 0 Å². The molecule has 1 aromatic heterocycles. The lowest BCUT2D eigenvalue weighted by molar-refractivity contribution is -0.384. The van der Waals surface area contributed by atoms with Crippen LogP contribution in [0.2, 0.25) is 5.15 Å². The van der Waals surface area contributed by atoms with E-state index in [1.807, 2.05) is 0 Å². The van der Waals surface area contributed by atoms with E-state index < -0.39 is 4.92 Å². The maximum absolute atomic E-state index is 11.7. The highest BCUT2D eigenvalue weighted by atomic mass is 35.5. The van der Waals surface area contributed by atoms with Crippen molar-refractivity contribution in [2.45, 2.75) is 0 Å². The average Bonchev–Trinajstić information content (AvgIpc) is 2.48. The molecule has 0 aliphatic rings. The number of amides is 1. The topological polar surface area (TPSA) is 85.1 Å². The molecule has 21 heavy (non-hydrogen) atoms. The number of nitrogens with one attached hydrogen (secondary N) is 1. The van der Waals surface area contributed by atoms with Crippen molar-refractivity contribution < 1.29 is 9.72 Å². The van der Waals surface area contributed by atoms with Crippen LogP contribution in [-0.4, -0.2) is 15.8 Å². The van der Waals surface area contributed by atoms with Gasteiger partial charge in [0, 0.05) is 24.4 Å². The van der Waals surface area contributed by atoms with Crippen LogP contribution in [0.1, 0.15) is 5.56 Å². The van der Waals surface area contributed by atoms with Gasteiger partial charge in [0.1, 0.15) is 0 Å². The van der Waals surface area contributed by atoms with Crippen molar-refractivity contribution >= 4 is 35.0 Å². The first-order chi connectivity index (χ1) is 10.1. The Bertz CT molecular complexity index is 699. The van der Waals surface area contributed by atoms with Crippen LogP contribution in [0.4, 0.5) is 11.4 Å². The van der Waals surface area contributed by atoms with Crippen molar-refractivity contribution in [2.75, 3.05) is 5.32 Å². The van der Waals surface area contributed by atoms with Gasteiger partial charge < -0.3 is 5.32 Å². The SMILES string of the molecule is O=C(/C=C/c1ccc([N+](=O)[O-])cc1)Nc1cccnc1Cl. The molecule has 7 heteroatoms. The molecule has 0 bridgehead atoms. The molecular weight excluding hydrogens is 294 g/mol. The van der Waals surface area contributed by atoms with E-state index in [0.29, 0.717) is 11.3 Å². The van der Waals surface area contributed by atoms with Crippen LogP contribution >= 0.6 is 11.6 Å². The summed E-state index contributed by atoms with van der Waals surface area (Å²) in [6, 6.07) is 9.14. The Morgan fingerprint density at radius 3 is 2.62 bits per heavy atom. The monoisotopic (exact) mass is 303 g/mol. The lowest BCUT2D eigenvalue weighted by Gasteiger charge is -2.02. The lowest BCUT2D eigenvalue weighted by atomic mass is 10.2. The highest BCUT2D eigenvalue weighted by molar-refractivity contribution is 6.32. The van der Waals surface area contributed by atoms with E-state index >= 15 is 0 Å². The number of carbonyl (C=O) groups excluding carboxylic acids is 1. The van der Waals surface area contributed by atoms with Gasteiger partial charge in [0.2, 0.25) is 5.91 Å². The first kappa shape index (κ1) is 14.7. The molecule has 2 rings (SSSR count). The normalized spacial score (nSPS) is 10.5. The zero-order chi connectivity index (χ0) is 15.2. The number of nitro benzene ring substituents is 1. The van der Waals surface area contributed by atoms with Crippen molar-refractivity contribution in [3.8, 4) is 0 Å². The Hall–Kier alpha value is -2.73. The van der Waals surface area contributed by atoms with Gasteiger partial charge in [-0.1, -0.05) is 11.6 Å². The summed E-state index contributed by atoms with van der Waals surface area (Å²) in [5.41, 5.74) is 1.09. The predicted molar refractivity (Wildman–Crippen MR) is 80.0 cm³/mol. The Balaban J connectivity index is 2.02. The summed E-state index contributed by atoms with van der Waals surface area (Å²) in [5, 5.41) is 13.3. The highest BCUT2D eigenvalue weighted by Crippen LogP contribution is 2.17. The molecule has 6 nitrogen and oxygen atoms in total. The van der Waals surface area contributed by atoms with E-state index in [1.165, 1.54) is 24.4 Å². The Morgan fingerprint density at radius 2 is 2.00 bits per heavy atom. The molecule has 1 heterocycles. The van der Waals surface area contributed by atoms with Crippen molar-refractivity contribution in [2.24, 2.45) is 0 Å². The molecule has 0 atom stereocenters. The van der Waals surface area contributed by atoms with E-state index in [1.54, 1.807) is 30.3 Å². The minimum atomic E-state index is -0.482. The van der Waals surface area contributed by atoms with E-state index in [-0.39, 0.29) is 16.7 Å². The van der Waals surface area contributed by atoms with Gasteiger partial charge in [0.15, 0.2) is 5.15 Å². The fourth-order valence-corrected chi connectivity index (χ4v) is 1.70. The first-order valence-electron chi connectivity index (χ1n) is 5.90. The first-order valence-corrected chi connectivity index (χ1v) is 6.28. The summed E-state index contributed by atoms with van der Waals surface area (Å²) in [6.07, 6.45) is 4.37. The number of aromatic nitrogens is 1. The summed E-state index contributed by atoms with van der Waals surface area (Å²) in [4.78, 5) is 25.6. The molecule has 2 aromatic rings. The van der Waals surface area contributed by atoms with Crippen molar-refractivity contribution in [1.82, 2.24) is 4.98 Å². The second kappa shape index (κ2) is 6.62. The maximum Gasteiger partial charge on any atom is 0.269 e. The molecule has 0 radical (unpaired) electrons. The molecule has 1 amide bonds. The molecule has 0 saturated carbocycles. The largest absolute Gasteiger partial charge is 0.320 e. The zero-order valence-corrected chi connectivity index (χ0v) is 11.4. The number of non-ortho nitro benzene ring substituents is 1. The molecule has 0 saturated heterocycles. The number of nitrogens with zero attached hydrogens (tertiary/aromatic N) is 2. The third kappa shape index (κ3) is 4.12. The van der Waals surface area contributed by atoms with E-state index in [4.69, 9.17) is 11.6 Å². The van der Waals surface area contributed by atoms with Crippen LogP contribution < -0.4 is 5.32 Å². The van der Waals surface area contributed by atoms with Crippen LogP contribution in [0.15, 0.2) is 48.7 Å². The van der Waals surface area contributed by atoms with Gasteiger partial charge in [-0.3, -0.25) is 14.9 Å². The predicted octanol–water partition coefficient (Wildman–Crippen LogP) is 3.30. The molecule has 1 N–H and O–H groups in total. The average molecular weight is 304 g/mol. The zero-order valence-electron chi connectivity index (χ0n) is 10.7. The van der Waals surface area contributed by atoms with Crippen LogP contribution in [0.25, 0.3) is 6.08 Å². The van der Waals surface area contributed by atoms with Gasteiger partial charge >= 0.3 is 0 Å². The molecule has 0 aliphatic carbocycles. The number of anilines is 1. The molecule has 0 spiro atoms. The van der Waals surface area contributed by atoms with Crippen molar-refractivity contribution in [3.05, 3.63) is 69.5 Å². The molecule has 1 aromatic carbocycles. The quantitative estimate of drug-likeness (QED) is 0.406. The summed E-state index contributed by atoms with van der Waals surface area (Å²) >= 11 is 5.82. The van der Waals surface area contributed by atoms with Crippen LogP contribution in [0.3, 0.4) is 0 Å². The number of benzene rings is 1. The number of halogens is 1. The van der Waals surface area contributed by atoms with Gasteiger partial charge in [0.25, 0.3) is 5.69 Å². The summed E-state index contributed by atoms with van der Waals surface area (Å²) < 4.78 is 0. The van der Waals surface area contributed by atoms with Gasteiger partial charge in [-0.25, -0.2) is 4.98 Å². The summed E-state index contributed by atoms with van der Waals surface area (Å²) in [5.74, 6) is -0.372. The Kier molecular flexibility index (Phi) is 4.63. The number of rotatable bonds is 4. The van der Waals surface area contributed by atoms with Crippen LogP contribution in [0.5, 0.6) is 0 Å². The fourth-order valence-electron chi connectivity index (χ4n) is 1.53. The van der Waals surface area contributed by atoms with E-state index in [9.17, 15) is 14.9 Å². The van der Waals surface area contributed by atoms with Crippen LogP contribution in [0, 0.1) is 10.1 Å². The summed E-state index contributed by atoms with van der Waals surface area (Å²) in [6.45, 7) is 0. The van der Waals surface area contributed by atoms with Gasteiger partial charge in [-0.05, 0) is 35.9 Å². The number of hydrogen-bond donors (Lipinski definition) is 1. The molecule has 0 aliphatic heterocycles. The van der Waals surface area contributed by atoms with Crippen molar-refractivity contribution in [1.29, 1.82) is 0 Å². The second-order valence-electron chi connectivity index (χ2n) is 4.01. The van der Waals surface area contributed by atoms with Gasteiger partial charge in [-0.2, -0.15) is 0 Å². The third-order valence-electron chi connectivity index (χ3n) is 2.55. The Morgan fingerprint density at radius 1 is 1.29 bits per heavy atom. The highest BCUT2D eigenvalue weighted by Gasteiger charge is 2.04. The maximum atomic E-state index is 11.7. The molecular formula is C14H10ClN3O3. The standard InChI is InChI=1S/C14H10ClN3O3/c15-14-12(2-1-9-16-14)17-13(19)8-5-10-3-6-11(7-4-10)18(20)21/h1-9H,(H,17,19)/b8-5+. The van der Waals surface area contributed by atoms with Gasteiger partial charge in [0.05, 0.1) is 10.6 Å². The minimum absolute atomic E-state index is 0.00116. The number of carbonyl (C=O) groups is 1. The van der Waals surface area contributed by atoms with Crippen LogP contribution in [-0.2, 0) is 4.79 Å². The number of hydrogen-bond acceptors (Lipinski definition) is 4. The minimum Gasteiger partial charge on any atom is -0.320 e. The van der Waals surface area contributed by atoms with E-state index in [0.717, 1.165) is 0 Å². The number of nitro groups is 1. The molecule has 0 unspecified atom stereocenters. The summed E-state index contributed by atoms with van der Waals surface area (Å²) in [7, 11) is 0. The van der Waals surface area contributed by atoms with E-state index in [2.05, 4.69) is 10.3 Å². The molecule has 106 valence electrons. The lowest BCUT2D eigenvalue weighted by Crippen LogP contribution is -2.08. The smallest absolute Gasteiger partial charge is 0.269 e. The van der Waals surface area contributed by atoms with Gasteiger partial charge in [-0.15, -0.1) is 0 Å². The Labute approximate surface area is 125 Å². The molecule has 0 fully saturated rings. The third-order valence-corrected chi connectivity index (χ3v) is 2.85. The second-order valence-corrected chi connectivity index (χ2v) is 4.37.